The number of nitrogens with one attached hydrogen (secondary N) is 1. The van der Waals surface area contributed by atoms with Crippen molar-refractivity contribution >= 4 is 23.0 Å². The van der Waals surface area contributed by atoms with Crippen molar-refractivity contribution in [3.63, 3.8) is 0 Å². The minimum absolute atomic E-state index is 0.0122. The van der Waals surface area contributed by atoms with Crippen molar-refractivity contribution in [2.75, 3.05) is 4.90 Å². The van der Waals surface area contributed by atoms with Gasteiger partial charge in [0, 0.05) is 29.3 Å². The van der Waals surface area contributed by atoms with Gasteiger partial charge in [-0.2, -0.15) is 0 Å². The van der Waals surface area contributed by atoms with Crippen LogP contribution in [0.4, 0.5) is 5.69 Å². The molecule has 0 bridgehead atoms. The van der Waals surface area contributed by atoms with Gasteiger partial charge in [-0.15, -0.1) is 0 Å². The Bertz CT molecular complexity index is 1050. The molecule has 2 fully saturated rings. The van der Waals surface area contributed by atoms with E-state index >= 15 is 0 Å². The monoisotopic (exact) mass is 402 g/mol. The molecule has 1 aromatic carbocycles. The summed E-state index contributed by atoms with van der Waals surface area (Å²) in [6, 6.07) is 17.8. The van der Waals surface area contributed by atoms with E-state index in [0.29, 0.717) is 6.04 Å². The fraction of sp³-hybridized carbons (Fsp3) is 0.333. The molecule has 0 unspecified atom stereocenters. The van der Waals surface area contributed by atoms with Crippen molar-refractivity contribution in [1.29, 1.82) is 0 Å². The lowest BCUT2D eigenvalue weighted by Gasteiger charge is -2.28. The van der Waals surface area contributed by atoms with Crippen LogP contribution in [0.25, 0.3) is 0 Å². The Kier molecular flexibility index (Phi) is 4.43. The minimum Gasteiger partial charge on any atom is -0.351 e. The van der Waals surface area contributed by atoms with Crippen LogP contribution in [-0.2, 0) is 0 Å². The molecule has 0 radical (unpaired) electrons. The lowest BCUT2D eigenvalue weighted by molar-refractivity contribution is 0.562. The van der Waals surface area contributed by atoms with Gasteiger partial charge < -0.3 is 14.8 Å². The van der Waals surface area contributed by atoms with Crippen molar-refractivity contribution < 1.29 is 0 Å². The molecule has 5 rings (SSSR count). The molecule has 1 N–H and O–H groups in total. The summed E-state index contributed by atoms with van der Waals surface area (Å²) in [7, 11) is 0. The average molecular weight is 403 g/mol. The molecule has 1 aliphatic carbocycles. The second kappa shape index (κ2) is 6.99. The van der Waals surface area contributed by atoms with E-state index in [1.807, 2.05) is 18.3 Å². The highest BCUT2D eigenvalue weighted by Gasteiger charge is 2.42. The number of nitrogens with zero attached hydrogens (tertiary/aromatic N) is 3. The molecular formula is C24H26N4S. The molecule has 0 amide bonds. The van der Waals surface area contributed by atoms with E-state index in [1.54, 1.807) is 0 Å². The predicted octanol–water partition coefficient (Wildman–Crippen LogP) is 5.32. The summed E-state index contributed by atoms with van der Waals surface area (Å²) in [6.07, 6.45) is 4.42. The van der Waals surface area contributed by atoms with Gasteiger partial charge in [0.2, 0.25) is 0 Å². The van der Waals surface area contributed by atoms with Crippen molar-refractivity contribution in [2.24, 2.45) is 0 Å². The van der Waals surface area contributed by atoms with Crippen LogP contribution in [0.5, 0.6) is 0 Å². The molecule has 1 aliphatic heterocycles. The zero-order valence-electron chi connectivity index (χ0n) is 17.1. The Balaban J connectivity index is 1.66. The lowest BCUT2D eigenvalue weighted by Crippen LogP contribution is -2.29. The van der Waals surface area contributed by atoms with Gasteiger partial charge in [-0.3, -0.25) is 4.98 Å². The maximum Gasteiger partial charge on any atom is 0.174 e. The van der Waals surface area contributed by atoms with E-state index < -0.39 is 0 Å². The first kappa shape index (κ1) is 18.4. The average Bonchev–Trinajstić information content (AvgIpc) is 3.43. The first-order valence-electron chi connectivity index (χ1n) is 10.3. The summed E-state index contributed by atoms with van der Waals surface area (Å²) in [5.74, 6) is 0. The van der Waals surface area contributed by atoms with Crippen LogP contribution >= 0.6 is 12.2 Å². The smallest absolute Gasteiger partial charge is 0.174 e. The predicted molar refractivity (Wildman–Crippen MR) is 121 cm³/mol. The highest BCUT2D eigenvalue weighted by atomic mass is 32.1. The van der Waals surface area contributed by atoms with Crippen LogP contribution in [-0.4, -0.2) is 14.7 Å². The van der Waals surface area contributed by atoms with Crippen molar-refractivity contribution in [3.05, 3.63) is 82.9 Å². The van der Waals surface area contributed by atoms with E-state index in [1.165, 1.54) is 35.4 Å². The Morgan fingerprint density at radius 1 is 1.03 bits per heavy atom. The summed E-state index contributed by atoms with van der Waals surface area (Å²) in [6.45, 7) is 6.59. The van der Waals surface area contributed by atoms with E-state index in [2.05, 4.69) is 76.9 Å². The molecule has 2 aromatic heterocycles. The highest BCUT2D eigenvalue weighted by Crippen LogP contribution is 2.46. The summed E-state index contributed by atoms with van der Waals surface area (Å²) in [5.41, 5.74) is 7.40. The molecule has 2 atom stereocenters. The second-order valence-electron chi connectivity index (χ2n) is 8.26. The third kappa shape index (κ3) is 3.14. The van der Waals surface area contributed by atoms with Crippen molar-refractivity contribution in [2.45, 2.75) is 51.7 Å². The molecule has 0 spiro atoms. The fourth-order valence-electron chi connectivity index (χ4n) is 4.65. The number of benzene rings is 1. The molecule has 5 heteroatoms. The first-order valence-corrected chi connectivity index (χ1v) is 10.7. The van der Waals surface area contributed by atoms with Gasteiger partial charge in [0.05, 0.1) is 17.8 Å². The number of thiocarbonyl (C=S) groups is 1. The minimum atomic E-state index is 0.0122. The summed E-state index contributed by atoms with van der Waals surface area (Å²) in [4.78, 5) is 6.93. The Hall–Kier alpha value is -2.66. The molecule has 29 heavy (non-hydrogen) atoms. The third-order valence-electron chi connectivity index (χ3n) is 6.16. The van der Waals surface area contributed by atoms with E-state index in [0.717, 1.165) is 16.5 Å². The maximum atomic E-state index is 5.84. The SMILES string of the molecule is Cc1ccc(N2C(=S)N[C@@H](c3ccccn3)[C@@H]2c2cc(C)n(C3CC3)c2C)cc1. The van der Waals surface area contributed by atoms with Crippen molar-refractivity contribution in [3.8, 4) is 0 Å². The third-order valence-corrected chi connectivity index (χ3v) is 6.48. The van der Waals surface area contributed by atoms with Crippen molar-refractivity contribution in [1.82, 2.24) is 14.9 Å². The topological polar surface area (TPSA) is 33.1 Å². The molecule has 148 valence electrons. The van der Waals surface area contributed by atoms with Gasteiger partial charge in [0.25, 0.3) is 0 Å². The Morgan fingerprint density at radius 2 is 1.79 bits per heavy atom. The van der Waals surface area contributed by atoms with Gasteiger partial charge in [0.15, 0.2) is 5.11 Å². The number of rotatable bonds is 4. The normalized spacial score (nSPS) is 21.5. The number of anilines is 1. The number of aryl methyl sites for hydroxylation is 2. The Morgan fingerprint density at radius 3 is 2.45 bits per heavy atom. The largest absolute Gasteiger partial charge is 0.351 e. The summed E-state index contributed by atoms with van der Waals surface area (Å²) >= 11 is 5.84. The van der Waals surface area contributed by atoms with Gasteiger partial charge in [-0.1, -0.05) is 23.8 Å². The fourth-order valence-corrected chi connectivity index (χ4v) is 5.00. The summed E-state index contributed by atoms with van der Waals surface area (Å²) < 4.78 is 2.51. The quantitative estimate of drug-likeness (QED) is 0.599. The van der Waals surface area contributed by atoms with Gasteiger partial charge in [-0.05, 0) is 81.7 Å². The van der Waals surface area contributed by atoms with Crippen LogP contribution in [0.3, 0.4) is 0 Å². The van der Waals surface area contributed by atoms with Crippen LogP contribution in [0, 0.1) is 20.8 Å². The van der Waals surface area contributed by atoms with Gasteiger partial charge in [0.1, 0.15) is 0 Å². The van der Waals surface area contributed by atoms with Crippen LogP contribution < -0.4 is 10.2 Å². The number of hydrogen-bond acceptors (Lipinski definition) is 2. The summed E-state index contributed by atoms with van der Waals surface area (Å²) in [5, 5.41) is 4.32. The van der Waals surface area contributed by atoms with E-state index in [4.69, 9.17) is 12.2 Å². The maximum absolute atomic E-state index is 5.84. The Labute approximate surface area is 177 Å². The molecule has 2 aliphatic rings. The number of pyridine rings is 1. The van der Waals surface area contributed by atoms with Crippen LogP contribution in [0.1, 0.15) is 59.2 Å². The zero-order valence-corrected chi connectivity index (χ0v) is 17.9. The van der Waals surface area contributed by atoms with Gasteiger partial charge >= 0.3 is 0 Å². The molecule has 3 heterocycles. The van der Waals surface area contributed by atoms with E-state index in [9.17, 15) is 0 Å². The molecule has 3 aromatic rings. The molecule has 4 nitrogen and oxygen atoms in total. The highest BCUT2D eigenvalue weighted by molar-refractivity contribution is 7.80. The van der Waals surface area contributed by atoms with Crippen LogP contribution in [0.2, 0.25) is 0 Å². The lowest BCUT2D eigenvalue weighted by atomic mass is 9.96. The number of aromatic nitrogens is 2. The standard InChI is InChI=1S/C24H26N4S/c1-15-7-9-19(10-8-15)28-23(20-14-16(2)27(17(20)3)18-11-12-18)22(26-24(28)29)21-6-4-5-13-25-21/h4-10,13-14,18,22-23H,11-12H2,1-3H3,(H,26,29)/t22-,23-/m0/s1. The van der Waals surface area contributed by atoms with E-state index in [-0.39, 0.29) is 12.1 Å². The molecular weight excluding hydrogens is 376 g/mol. The molecule has 1 saturated heterocycles. The second-order valence-corrected chi connectivity index (χ2v) is 8.65. The zero-order chi connectivity index (χ0) is 20.1. The van der Waals surface area contributed by atoms with Crippen LogP contribution in [0.15, 0.2) is 54.7 Å². The number of hydrogen-bond donors (Lipinski definition) is 1. The van der Waals surface area contributed by atoms with Gasteiger partial charge in [-0.25, -0.2) is 0 Å². The first-order chi connectivity index (χ1) is 14.0. The molecule has 1 saturated carbocycles.